The maximum atomic E-state index is 12.3. The van der Waals surface area contributed by atoms with Gasteiger partial charge in [0.05, 0.1) is 14.2 Å². The van der Waals surface area contributed by atoms with Crippen molar-refractivity contribution in [1.82, 2.24) is 5.32 Å². The number of carbonyl (C=O) groups excluding carboxylic acids is 2. The van der Waals surface area contributed by atoms with Gasteiger partial charge in [0.15, 0.2) is 23.0 Å². The van der Waals surface area contributed by atoms with Crippen molar-refractivity contribution in [3.05, 3.63) is 77.2 Å². The molecule has 162 valence electrons. The molecule has 0 spiro atoms. The molecular weight excluding hydrogens is 398 g/mol. The van der Waals surface area contributed by atoms with Gasteiger partial charge in [-0.15, -0.1) is 0 Å². The van der Waals surface area contributed by atoms with Crippen molar-refractivity contribution in [3.63, 3.8) is 0 Å². The molecule has 31 heavy (non-hydrogen) atoms. The number of hydrogen-bond donors (Lipinski definition) is 1. The summed E-state index contributed by atoms with van der Waals surface area (Å²) in [5, 5.41) is 2.84. The van der Waals surface area contributed by atoms with Crippen molar-refractivity contribution in [2.24, 2.45) is 0 Å². The standard InChI is InChI=1S/C24H25NO6/c1-16(26)18-5-7-19(8-6-18)30-15-20-9-11-22(31-20)24(27)25-13-12-17-4-10-21(28-2)23(14-17)29-3/h4-11,14H,12-13,15H2,1-3H3,(H,25,27). The largest absolute Gasteiger partial charge is 0.493 e. The van der Waals surface area contributed by atoms with E-state index in [9.17, 15) is 9.59 Å². The molecule has 3 rings (SSSR count). The normalized spacial score (nSPS) is 10.4. The minimum atomic E-state index is -0.294. The Kier molecular flexibility index (Phi) is 7.32. The Morgan fingerprint density at radius 1 is 0.935 bits per heavy atom. The molecule has 0 radical (unpaired) electrons. The van der Waals surface area contributed by atoms with Crippen LogP contribution in [0, 0.1) is 0 Å². The van der Waals surface area contributed by atoms with Crippen LogP contribution in [-0.4, -0.2) is 32.5 Å². The molecule has 1 amide bonds. The van der Waals surface area contributed by atoms with Crippen LogP contribution in [0.1, 0.15) is 39.2 Å². The molecule has 1 heterocycles. The van der Waals surface area contributed by atoms with Crippen LogP contribution in [0.25, 0.3) is 0 Å². The van der Waals surface area contributed by atoms with E-state index in [2.05, 4.69) is 5.32 Å². The van der Waals surface area contributed by atoms with Gasteiger partial charge in [-0.2, -0.15) is 0 Å². The van der Waals surface area contributed by atoms with Crippen molar-refractivity contribution in [2.75, 3.05) is 20.8 Å². The zero-order valence-corrected chi connectivity index (χ0v) is 17.8. The molecule has 0 atom stereocenters. The summed E-state index contributed by atoms with van der Waals surface area (Å²) in [5.41, 5.74) is 1.64. The number of hydrogen-bond acceptors (Lipinski definition) is 6. The monoisotopic (exact) mass is 423 g/mol. The van der Waals surface area contributed by atoms with Gasteiger partial charge in [0.25, 0.3) is 5.91 Å². The Labute approximate surface area is 180 Å². The highest BCUT2D eigenvalue weighted by Crippen LogP contribution is 2.27. The van der Waals surface area contributed by atoms with E-state index in [-0.39, 0.29) is 24.1 Å². The second-order valence-electron chi connectivity index (χ2n) is 6.83. The number of ether oxygens (including phenoxy) is 3. The Balaban J connectivity index is 1.48. The van der Waals surface area contributed by atoms with Crippen molar-refractivity contribution in [2.45, 2.75) is 20.0 Å². The topological polar surface area (TPSA) is 87.0 Å². The lowest BCUT2D eigenvalue weighted by molar-refractivity contribution is 0.0921. The molecule has 7 nitrogen and oxygen atoms in total. The van der Waals surface area contributed by atoms with Crippen LogP contribution >= 0.6 is 0 Å². The quantitative estimate of drug-likeness (QED) is 0.495. The van der Waals surface area contributed by atoms with Crippen LogP contribution in [0.3, 0.4) is 0 Å². The zero-order valence-electron chi connectivity index (χ0n) is 17.8. The molecule has 0 fully saturated rings. The lowest BCUT2D eigenvalue weighted by atomic mass is 10.1. The van der Waals surface area contributed by atoms with Gasteiger partial charge in [-0.25, -0.2) is 0 Å². The highest BCUT2D eigenvalue weighted by molar-refractivity contribution is 5.94. The molecular formula is C24H25NO6. The number of amides is 1. The molecule has 1 N–H and O–H groups in total. The second-order valence-corrected chi connectivity index (χ2v) is 6.83. The van der Waals surface area contributed by atoms with E-state index < -0.39 is 0 Å². The molecule has 2 aromatic carbocycles. The van der Waals surface area contributed by atoms with Crippen LogP contribution in [-0.2, 0) is 13.0 Å². The molecule has 0 aliphatic rings. The lowest BCUT2D eigenvalue weighted by Crippen LogP contribution is -2.25. The summed E-state index contributed by atoms with van der Waals surface area (Å²) >= 11 is 0. The summed E-state index contributed by atoms with van der Waals surface area (Å²) in [6.07, 6.45) is 0.638. The molecule has 7 heteroatoms. The third-order valence-corrected chi connectivity index (χ3v) is 4.67. The van der Waals surface area contributed by atoms with Gasteiger partial charge >= 0.3 is 0 Å². The fraction of sp³-hybridized carbons (Fsp3) is 0.250. The molecule has 0 aliphatic heterocycles. The van der Waals surface area contributed by atoms with E-state index in [4.69, 9.17) is 18.6 Å². The fourth-order valence-electron chi connectivity index (χ4n) is 2.96. The Hall–Kier alpha value is -3.74. The summed E-state index contributed by atoms with van der Waals surface area (Å²) in [6.45, 7) is 2.14. The van der Waals surface area contributed by atoms with Crippen LogP contribution in [0.5, 0.6) is 17.2 Å². The summed E-state index contributed by atoms with van der Waals surface area (Å²) < 4.78 is 21.7. The highest BCUT2D eigenvalue weighted by atomic mass is 16.5. The van der Waals surface area contributed by atoms with Gasteiger partial charge in [0.1, 0.15) is 18.1 Å². The molecule has 0 unspecified atom stereocenters. The Bertz CT molecular complexity index is 1040. The van der Waals surface area contributed by atoms with Crippen molar-refractivity contribution < 1.29 is 28.2 Å². The van der Waals surface area contributed by atoms with Crippen LogP contribution in [0.2, 0.25) is 0 Å². The van der Waals surface area contributed by atoms with E-state index in [1.54, 1.807) is 50.6 Å². The van der Waals surface area contributed by atoms with Gasteiger partial charge in [-0.3, -0.25) is 9.59 Å². The molecule has 3 aromatic rings. The number of carbonyl (C=O) groups is 2. The lowest BCUT2D eigenvalue weighted by Gasteiger charge is -2.09. The Morgan fingerprint density at radius 2 is 1.68 bits per heavy atom. The number of Topliss-reactive ketones (excluding diaryl/α,β-unsaturated/α-hetero) is 1. The predicted octanol–water partition coefficient (Wildman–Crippen LogP) is 4.05. The van der Waals surface area contributed by atoms with E-state index in [0.717, 1.165) is 5.56 Å². The molecule has 0 bridgehead atoms. The van der Waals surface area contributed by atoms with Crippen LogP contribution < -0.4 is 19.5 Å². The van der Waals surface area contributed by atoms with Gasteiger partial charge in [-0.1, -0.05) is 6.07 Å². The van der Waals surface area contributed by atoms with E-state index >= 15 is 0 Å². The van der Waals surface area contributed by atoms with Crippen LogP contribution in [0.15, 0.2) is 59.0 Å². The summed E-state index contributed by atoms with van der Waals surface area (Å²) in [4.78, 5) is 23.6. The number of methoxy groups -OCH3 is 2. The van der Waals surface area contributed by atoms with E-state index in [1.807, 2.05) is 18.2 Å². The number of ketones is 1. The van der Waals surface area contributed by atoms with Crippen molar-refractivity contribution >= 4 is 11.7 Å². The maximum absolute atomic E-state index is 12.3. The third kappa shape index (κ3) is 5.88. The smallest absolute Gasteiger partial charge is 0.287 e. The minimum absolute atomic E-state index is 0.000586. The first-order valence-corrected chi connectivity index (χ1v) is 9.81. The van der Waals surface area contributed by atoms with Crippen LogP contribution in [0.4, 0.5) is 0 Å². The SMILES string of the molecule is COc1ccc(CCNC(=O)c2ccc(COc3ccc(C(C)=O)cc3)o2)cc1OC. The van der Waals surface area contributed by atoms with Crippen molar-refractivity contribution in [3.8, 4) is 17.2 Å². The summed E-state index contributed by atoms with van der Waals surface area (Å²) in [5.74, 6) is 2.38. The summed E-state index contributed by atoms with van der Waals surface area (Å²) in [7, 11) is 3.17. The Morgan fingerprint density at radius 3 is 2.35 bits per heavy atom. The summed E-state index contributed by atoms with van der Waals surface area (Å²) in [6, 6.07) is 15.8. The minimum Gasteiger partial charge on any atom is -0.493 e. The first-order chi connectivity index (χ1) is 15.0. The average molecular weight is 423 g/mol. The first kappa shape index (κ1) is 22.0. The molecule has 0 saturated carbocycles. The van der Waals surface area contributed by atoms with Crippen molar-refractivity contribution in [1.29, 1.82) is 0 Å². The first-order valence-electron chi connectivity index (χ1n) is 9.81. The second kappa shape index (κ2) is 10.3. The molecule has 0 saturated heterocycles. The third-order valence-electron chi connectivity index (χ3n) is 4.67. The molecule has 1 aromatic heterocycles. The number of nitrogens with one attached hydrogen (secondary N) is 1. The number of benzene rings is 2. The number of furan rings is 1. The van der Waals surface area contributed by atoms with Gasteiger partial charge in [-0.05, 0) is 67.4 Å². The van der Waals surface area contributed by atoms with Gasteiger partial charge < -0.3 is 23.9 Å². The fourth-order valence-corrected chi connectivity index (χ4v) is 2.96. The average Bonchev–Trinajstić information content (AvgIpc) is 3.27. The van der Waals surface area contributed by atoms with E-state index in [0.29, 0.717) is 41.5 Å². The number of rotatable bonds is 10. The highest BCUT2D eigenvalue weighted by Gasteiger charge is 2.12. The molecule has 0 aliphatic carbocycles. The van der Waals surface area contributed by atoms with Gasteiger partial charge in [0.2, 0.25) is 0 Å². The zero-order chi connectivity index (χ0) is 22.2. The van der Waals surface area contributed by atoms with E-state index in [1.165, 1.54) is 6.92 Å². The predicted molar refractivity (Wildman–Crippen MR) is 115 cm³/mol. The van der Waals surface area contributed by atoms with Gasteiger partial charge in [0, 0.05) is 12.1 Å². The maximum Gasteiger partial charge on any atom is 0.287 e.